The van der Waals surface area contributed by atoms with Crippen LogP contribution in [-0.2, 0) is 29.0 Å². The Morgan fingerprint density at radius 1 is 1.04 bits per heavy atom. The second-order valence-corrected chi connectivity index (χ2v) is 12.4. The second kappa shape index (κ2) is 13.2. The third-order valence-corrected chi connectivity index (χ3v) is 8.60. The van der Waals surface area contributed by atoms with E-state index in [4.69, 9.17) is 14.2 Å². The van der Waals surface area contributed by atoms with Gasteiger partial charge in [-0.15, -0.1) is 0 Å². The molecule has 0 fully saturated rings. The number of fused-ring (bicyclic) bond motifs is 3. The van der Waals surface area contributed by atoms with Crippen LogP contribution in [0.2, 0.25) is 0 Å². The van der Waals surface area contributed by atoms with Crippen molar-refractivity contribution in [3.05, 3.63) is 89.2 Å². The Balaban J connectivity index is 1.16. The number of aryl methyl sites for hydroxylation is 1. The van der Waals surface area contributed by atoms with Crippen LogP contribution in [0.5, 0.6) is 11.8 Å². The molecule has 0 aliphatic carbocycles. The Bertz CT molecular complexity index is 2040. The van der Waals surface area contributed by atoms with E-state index in [0.29, 0.717) is 42.8 Å². The molecule has 13 nitrogen and oxygen atoms in total. The Morgan fingerprint density at radius 3 is 2.73 bits per heavy atom. The molecule has 13 heteroatoms. The molecule has 0 radical (unpaired) electrons. The van der Waals surface area contributed by atoms with Gasteiger partial charge in [-0.25, -0.2) is 4.98 Å². The molecule has 7 rings (SSSR count). The highest BCUT2D eigenvalue weighted by molar-refractivity contribution is 6.08. The van der Waals surface area contributed by atoms with E-state index in [2.05, 4.69) is 36.6 Å². The summed E-state index contributed by atoms with van der Waals surface area (Å²) in [7, 11) is 1.58. The van der Waals surface area contributed by atoms with Gasteiger partial charge in [0.1, 0.15) is 18.1 Å². The minimum Gasteiger partial charge on any atom is -0.464 e. The van der Waals surface area contributed by atoms with E-state index in [1.165, 1.54) is 5.56 Å². The molecule has 0 spiro atoms. The van der Waals surface area contributed by atoms with Gasteiger partial charge >= 0.3 is 6.01 Å². The van der Waals surface area contributed by atoms with Crippen molar-refractivity contribution in [2.24, 2.45) is 0 Å². The molecule has 3 aromatic carbocycles. The third kappa shape index (κ3) is 6.61. The van der Waals surface area contributed by atoms with E-state index in [-0.39, 0.29) is 29.7 Å². The number of carbonyl (C=O) groups is 2. The molecule has 0 saturated heterocycles. The molecule has 2 N–H and O–H groups in total. The number of ether oxygens (including phenoxy) is 3. The van der Waals surface area contributed by atoms with Crippen LogP contribution in [0.3, 0.4) is 0 Å². The van der Waals surface area contributed by atoms with Crippen molar-refractivity contribution in [3.63, 3.8) is 0 Å². The molecule has 2 aromatic heterocycles. The number of anilines is 2. The number of imidazole rings is 1. The van der Waals surface area contributed by atoms with E-state index in [9.17, 15) is 9.59 Å². The molecule has 0 saturated carbocycles. The summed E-state index contributed by atoms with van der Waals surface area (Å²) in [6.07, 6.45) is 3.80. The predicted octanol–water partition coefficient (Wildman–Crippen LogP) is 4.62. The first-order valence-electron chi connectivity index (χ1n) is 16.4. The Labute approximate surface area is 283 Å². The average Bonchev–Trinajstić information content (AvgIpc) is 3.54. The number of aromatic nitrogens is 5. The lowest BCUT2D eigenvalue weighted by Gasteiger charge is -2.32. The molecule has 252 valence electrons. The zero-order valence-corrected chi connectivity index (χ0v) is 27.9. The van der Waals surface area contributed by atoms with E-state index in [0.717, 1.165) is 35.4 Å². The molecule has 4 heterocycles. The molecule has 5 aromatic rings. The fraction of sp³-hybridized carbons (Fsp3) is 0.333. The van der Waals surface area contributed by atoms with E-state index in [1.54, 1.807) is 30.1 Å². The number of nitrogens with zero attached hydrogens (tertiary/aromatic N) is 6. The molecular formula is C36H38N8O5. The summed E-state index contributed by atoms with van der Waals surface area (Å²) < 4.78 is 19.1. The zero-order valence-electron chi connectivity index (χ0n) is 27.9. The lowest BCUT2D eigenvalue weighted by Crippen LogP contribution is -2.40. The maximum absolute atomic E-state index is 13.6. The molecular weight excluding hydrogens is 624 g/mol. The number of likely N-dealkylation sites (N-methyl/N-ethyl adjacent to an activating group) is 1. The highest BCUT2D eigenvalue weighted by atomic mass is 16.7. The van der Waals surface area contributed by atoms with Crippen LogP contribution in [0.4, 0.5) is 11.6 Å². The normalized spacial score (nSPS) is 15.5. The maximum atomic E-state index is 13.6. The minimum absolute atomic E-state index is 0.0723. The number of rotatable bonds is 9. The third-order valence-electron chi connectivity index (χ3n) is 8.60. The minimum atomic E-state index is -0.720. The quantitative estimate of drug-likeness (QED) is 0.229. The van der Waals surface area contributed by atoms with Crippen LogP contribution in [0.15, 0.2) is 67.0 Å². The molecule has 1 atom stereocenters. The van der Waals surface area contributed by atoms with Crippen molar-refractivity contribution in [1.82, 2.24) is 29.8 Å². The van der Waals surface area contributed by atoms with Crippen molar-refractivity contribution in [2.75, 3.05) is 30.4 Å². The second-order valence-electron chi connectivity index (χ2n) is 12.4. The largest absolute Gasteiger partial charge is 0.464 e. The van der Waals surface area contributed by atoms with Crippen LogP contribution in [0.25, 0.3) is 17.0 Å². The maximum Gasteiger partial charge on any atom is 0.323 e. The van der Waals surface area contributed by atoms with Gasteiger partial charge < -0.3 is 29.7 Å². The van der Waals surface area contributed by atoms with Crippen LogP contribution < -0.4 is 25.0 Å². The number of nitrogens with one attached hydrogen (secondary N) is 2. The van der Waals surface area contributed by atoms with Gasteiger partial charge in [0.2, 0.25) is 23.6 Å². The first kappa shape index (κ1) is 32.0. The highest BCUT2D eigenvalue weighted by Crippen LogP contribution is 2.32. The van der Waals surface area contributed by atoms with Crippen LogP contribution in [0, 0.1) is 0 Å². The van der Waals surface area contributed by atoms with Gasteiger partial charge in [-0.3, -0.25) is 14.2 Å². The number of para-hydroxylation sites is 1. The zero-order chi connectivity index (χ0) is 34.1. The highest BCUT2D eigenvalue weighted by Gasteiger charge is 2.29. The van der Waals surface area contributed by atoms with Crippen molar-refractivity contribution >= 4 is 34.5 Å². The lowest BCUT2D eigenvalue weighted by atomic mass is 10.0. The molecule has 0 unspecified atom stereocenters. The van der Waals surface area contributed by atoms with Crippen molar-refractivity contribution in [2.45, 2.75) is 58.5 Å². The summed E-state index contributed by atoms with van der Waals surface area (Å²) in [6, 6.07) is 18.6. The molecule has 49 heavy (non-hydrogen) atoms. The summed E-state index contributed by atoms with van der Waals surface area (Å²) in [5.41, 5.74) is 5.78. The predicted molar refractivity (Wildman–Crippen MR) is 183 cm³/mol. The lowest BCUT2D eigenvalue weighted by molar-refractivity contribution is -0.180. The molecule has 2 aliphatic heterocycles. The number of amides is 2. The van der Waals surface area contributed by atoms with E-state index >= 15 is 0 Å². The standard InChI is InChI=1S/C36H38N8O5/c1-5-47-35-41-33(39-27(31(45)37-4)18-22-12-15-30-25(17-22)20-48-36(2,3)49-30)40-34(42-35)44-21-38-26-19-24(13-14-29(26)44)32(46)43-16-8-10-23-9-6-7-11-28(23)43/h6-7,9,11-15,17,19,21,27H,5,8,10,16,18,20H2,1-4H3,(H,37,45)(H,39,40,41,42)/t27-/m0/s1. The number of carbonyl (C=O) groups excluding carboxylic acids is 2. The summed E-state index contributed by atoms with van der Waals surface area (Å²) in [5, 5.41) is 5.92. The van der Waals surface area contributed by atoms with Crippen LogP contribution >= 0.6 is 0 Å². The Kier molecular flexibility index (Phi) is 8.59. The molecule has 2 amide bonds. The van der Waals surface area contributed by atoms with Crippen molar-refractivity contribution in [3.8, 4) is 17.7 Å². The van der Waals surface area contributed by atoms with Gasteiger partial charge in [-0.2, -0.15) is 15.0 Å². The van der Waals surface area contributed by atoms with Gasteiger partial charge in [0.15, 0.2) is 0 Å². The number of hydrogen-bond donors (Lipinski definition) is 2. The average molecular weight is 663 g/mol. The van der Waals surface area contributed by atoms with Crippen molar-refractivity contribution in [1.29, 1.82) is 0 Å². The summed E-state index contributed by atoms with van der Waals surface area (Å²) in [4.78, 5) is 46.8. The van der Waals surface area contributed by atoms with E-state index in [1.807, 2.05) is 68.1 Å². The van der Waals surface area contributed by atoms with Crippen molar-refractivity contribution < 1.29 is 23.8 Å². The Morgan fingerprint density at radius 2 is 1.90 bits per heavy atom. The van der Waals surface area contributed by atoms with Gasteiger partial charge in [0.25, 0.3) is 5.91 Å². The van der Waals surface area contributed by atoms with Gasteiger partial charge in [0.05, 0.1) is 24.2 Å². The van der Waals surface area contributed by atoms with Crippen LogP contribution in [-0.4, -0.2) is 68.3 Å². The monoisotopic (exact) mass is 662 g/mol. The molecule has 2 aliphatic rings. The van der Waals surface area contributed by atoms with Crippen LogP contribution in [0.1, 0.15) is 54.2 Å². The number of hydrogen-bond acceptors (Lipinski definition) is 10. The summed E-state index contributed by atoms with van der Waals surface area (Å²) >= 11 is 0. The fourth-order valence-electron chi connectivity index (χ4n) is 6.21. The Hall–Kier alpha value is -5.56. The van der Waals surface area contributed by atoms with Gasteiger partial charge in [-0.1, -0.05) is 24.3 Å². The van der Waals surface area contributed by atoms with Gasteiger partial charge in [0, 0.05) is 50.7 Å². The van der Waals surface area contributed by atoms with Gasteiger partial charge in [-0.05, 0) is 67.3 Å². The molecule has 0 bridgehead atoms. The summed E-state index contributed by atoms with van der Waals surface area (Å²) in [5.74, 6) is 0.147. The first-order chi connectivity index (χ1) is 23.7. The fourth-order valence-corrected chi connectivity index (χ4v) is 6.21. The topological polar surface area (TPSA) is 146 Å². The number of benzene rings is 3. The first-order valence-corrected chi connectivity index (χ1v) is 16.4. The smallest absolute Gasteiger partial charge is 0.323 e. The van der Waals surface area contributed by atoms with E-state index < -0.39 is 11.8 Å². The SMILES string of the molecule is CCOc1nc(N[C@@H](Cc2ccc3c(c2)COC(C)(C)O3)C(=O)NC)nc(-n2cnc3cc(C(=O)N4CCCc5ccccc54)ccc32)n1. The summed E-state index contributed by atoms with van der Waals surface area (Å²) in [6.45, 7) is 6.97.